The molecule has 0 radical (unpaired) electrons. The van der Waals surface area contributed by atoms with Crippen molar-refractivity contribution in [2.24, 2.45) is 0 Å². The van der Waals surface area contributed by atoms with Gasteiger partial charge < -0.3 is 9.72 Å². The van der Waals surface area contributed by atoms with Crippen LogP contribution in [0.15, 0.2) is 40.9 Å². The molecule has 0 saturated carbocycles. The zero-order valence-corrected chi connectivity index (χ0v) is 12.4. The number of aromatic nitrogens is 2. The van der Waals surface area contributed by atoms with Crippen molar-refractivity contribution in [2.75, 3.05) is 7.11 Å². The van der Waals surface area contributed by atoms with E-state index in [2.05, 4.69) is 25.9 Å². The monoisotopic (exact) mass is 336 g/mol. The molecule has 0 bridgehead atoms. The molecule has 1 heterocycles. The van der Waals surface area contributed by atoms with Crippen LogP contribution in [0.4, 0.5) is 0 Å². The van der Waals surface area contributed by atoms with Crippen molar-refractivity contribution in [1.29, 1.82) is 0 Å². The number of nitrogens with zero attached hydrogens (tertiary/aromatic N) is 1. The third kappa shape index (κ3) is 2.33. The van der Waals surface area contributed by atoms with Gasteiger partial charge in [-0.3, -0.25) is 0 Å². The Hall–Kier alpha value is -1.52. The molecule has 0 amide bonds. The third-order valence-electron chi connectivity index (χ3n) is 2.87. The van der Waals surface area contributed by atoms with E-state index in [1.807, 2.05) is 36.4 Å². The number of rotatable bonds is 2. The molecule has 0 unspecified atom stereocenters. The first-order chi connectivity index (χ1) is 9.17. The first-order valence-electron chi connectivity index (χ1n) is 5.66. The molecular weight excluding hydrogens is 328 g/mol. The maximum absolute atomic E-state index is 6.18. The molecular formula is C14H10BrClN2O. The third-order valence-corrected chi connectivity index (χ3v) is 3.61. The molecule has 1 aromatic heterocycles. The number of hydrogen-bond donors (Lipinski definition) is 1. The van der Waals surface area contributed by atoms with E-state index in [9.17, 15) is 0 Å². The van der Waals surface area contributed by atoms with Crippen LogP contribution in [0.3, 0.4) is 0 Å². The summed E-state index contributed by atoms with van der Waals surface area (Å²) in [5.41, 5.74) is 2.67. The summed E-state index contributed by atoms with van der Waals surface area (Å²) in [5.74, 6) is 1.61. The highest BCUT2D eigenvalue weighted by atomic mass is 79.9. The van der Waals surface area contributed by atoms with Crippen molar-refractivity contribution in [3.8, 4) is 17.1 Å². The fourth-order valence-corrected chi connectivity index (χ4v) is 2.78. The fraction of sp³-hybridized carbons (Fsp3) is 0.0714. The molecule has 19 heavy (non-hydrogen) atoms. The molecule has 3 rings (SSSR count). The maximum atomic E-state index is 6.18. The van der Waals surface area contributed by atoms with E-state index in [1.165, 1.54) is 0 Å². The minimum Gasteiger partial charge on any atom is -0.497 e. The number of aromatic amines is 1. The Morgan fingerprint density at radius 2 is 1.95 bits per heavy atom. The summed E-state index contributed by atoms with van der Waals surface area (Å²) in [6.07, 6.45) is 0. The van der Waals surface area contributed by atoms with Crippen molar-refractivity contribution < 1.29 is 4.74 Å². The zero-order chi connectivity index (χ0) is 13.4. The number of hydrogen-bond acceptors (Lipinski definition) is 2. The van der Waals surface area contributed by atoms with E-state index >= 15 is 0 Å². The summed E-state index contributed by atoms with van der Waals surface area (Å²) in [4.78, 5) is 7.79. The van der Waals surface area contributed by atoms with Crippen LogP contribution in [0.5, 0.6) is 5.75 Å². The highest BCUT2D eigenvalue weighted by Crippen LogP contribution is 2.29. The summed E-state index contributed by atoms with van der Waals surface area (Å²) in [6, 6.07) is 11.5. The van der Waals surface area contributed by atoms with Crippen LogP contribution in [-0.2, 0) is 0 Å². The van der Waals surface area contributed by atoms with Gasteiger partial charge in [0.05, 0.1) is 17.6 Å². The average Bonchev–Trinajstić information content (AvgIpc) is 2.83. The quantitative estimate of drug-likeness (QED) is 0.739. The van der Waals surface area contributed by atoms with Crippen LogP contribution in [-0.4, -0.2) is 17.1 Å². The Kier molecular flexibility index (Phi) is 3.21. The number of fused-ring (bicyclic) bond motifs is 1. The van der Waals surface area contributed by atoms with Crippen LogP contribution in [0, 0.1) is 0 Å². The summed E-state index contributed by atoms with van der Waals surface area (Å²) in [7, 11) is 1.65. The molecule has 0 spiro atoms. The van der Waals surface area contributed by atoms with E-state index in [-0.39, 0.29) is 0 Å². The summed E-state index contributed by atoms with van der Waals surface area (Å²) in [5, 5.41) is 0.625. The minimum absolute atomic E-state index is 0.625. The van der Waals surface area contributed by atoms with Gasteiger partial charge in [-0.2, -0.15) is 0 Å². The van der Waals surface area contributed by atoms with Crippen LogP contribution < -0.4 is 4.74 Å². The smallest absolute Gasteiger partial charge is 0.138 e. The molecule has 0 aliphatic heterocycles. The average molecular weight is 338 g/mol. The molecule has 0 aliphatic rings. The van der Waals surface area contributed by atoms with E-state index in [0.29, 0.717) is 5.02 Å². The highest BCUT2D eigenvalue weighted by molar-refractivity contribution is 9.10. The summed E-state index contributed by atoms with van der Waals surface area (Å²) >= 11 is 9.60. The molecule has 1 N–H and O–H groups in total. The molecule has 3 nitrogen and oxygen atoms in total. The van der Waals surface area contributed by atoms with Crippen molar-refractivity contribution in [2.45, 2.75) is 0 Å². The maximum Gasteiger partial charge on any atom is 0.138 e. The Balaban J connectivity index is 2.12. The van der Waals surface area contributed by atoms with E-state index in [0.717, 1.165) is 32.6 Å². The topological polar surface area (TPSA) is 37.9 Å². The van der Waals surface area contributed by atoms with Gasteiger partial charge in [-0.15, -0.1) is 0 Å². The summed E-state index contributed by atoms with van der Waals surface area (Å²) < 4.78 is 6.07. The lowest BCUT2D eigenvalue weighted by atomic mass is 10.2. The van der Waals surface area contributed by atoms with Gasteiger partial charge in [-0.1, -0.05) is 27.5 Å². The standard InChI is InChI=1S/C14H10BrClN2O/c1-19-10-4-2-8(3-5-10)14-17-12-7-9(15)6-11(16)13(12)18-14/h2-7H,1H3,(H,17,18). The molecule has 2 aromatic carbocycles. The van der Waals surface area contributed by atoms with Gasteiger partial charge >= 0.3 is 0 Å². The van der Waals surface area contributed by atoms with Gasteiger partial charge in [0.25, 0.3) is 0 Å². The van der Waals surface area contributed by atoms with Crippen molar-refractivity contribution in [3.63, 3.8) is 0 Å². The molecule has 0 aliphatic carbocycles. The summed E-state index contributed by atoms with van der Waals surface area (Å²) in [6.45, 7) is 0. The van der Waals surface area contributed by atoms with E-state index in [1.54, 1.807) is 7.11 Å². The van der Waals surface area contributed by atoms with Crippen molar-refractivity contribution >= 4 is 38.6 Å². The van der Waals surface area contributed by atoms with Gasteiger partial charge in [0.15, 0.2) is 0 Å². The lowest BCUT2D eigenvalue weighted by molar-refractivity contribution is 0.415. The van der Waals surface area contributed by atoms with Crippen molar-refractivity contribution in [3.05, 3.63) is 45.9 Å². The van der Waals surface area contributed by atoms with Crippen LogP contribution in [0.1, 0.15) is 0 Å². The second-order valence-corrected chi connectivity index (χ2v) is 5.42. The predicted molar refractivity (Wildman–Crippen MR) is 80.8 cm³/mol. The van der Waals surface area contributed by atoms with E-state index < -0.39 is 0 Å². The Morgan fingerprint density at radius 1 is 1.21 bits per heavy atom. The SMILES string of the molecule is COc1ccc(-c2nc3c(Cl)cc(Br)cc3[nH]2)cc1. The second kappa shape index (κ2) is 4.87. The first kappa shape index (κ1) is 12.5. The normalized spacial score (nSPS) is 10.9. The molecule has 0 saturated heterocycles. The Labute approximate surface area is 123 Å². The van der Waals surface area contributed by atoms with Crippen molar-refractivity contribution in [1.82, 2.24) is 9.97 Å². The van der Waals surface area contributed by atoms with Crippen LogP contribution in [0.2, 0.25) is 5.02 Å². The van der Waals surface area contributed by atoms with Gasteiger partial charge in [-0.05, 0) is 36.4 Å². The lowest BCUT2D eigenvalue weighted by Crippen LogP contribution is -1.83. The predicted octanol–water partition coefficient (Wildman–Crippen LogP) is 4.65. The van der Waals surface area contributed by atoms with Crippen LogP contribution in [0.25, 0.3) is 22.4 Å². The lowest BCUT2D eigenvalue weighted by Gasteiger charge is -2.00. The molecule has 3 aromatic rings. The molecule has 96 valence electrons. The second-order valence-electron chi connectivity index (χ2n) is 4.10. The zero-order valence-electron chi connectivity index (χ0n) is 10.1. The van der Waals surface area contributed by atoms with Crippen LogP contribution >= 0.6 is 27.5 Å². The van der Waals surface area contributed by atoms with Gasteiger partial charge in [0.1, 0.15) is 17.1 Å². The minimum atomic E-state index is 0.625. The highest BCUT2D eigenvalue weighted by Gasteiger charge is 2.09. The number of H-pyrrole nitrogens is 1. The van der Waals surface area contributed by atoms with Gasteiger partial charge in [0, 0.05) is 10.0 Å². The largest absolute Gasteiger partial charge is 0.497 e. The first-order valence-corrected chi connectivity index (χ1v) is 6.83. The number of benzene rings is 2. The number of ether oxygens (including phenoxy) is 1. The molecule has 0 fully saturated rings. The van der Waals surface area contributed by atoms with Gasteiger partial charge in [0.2, 0.25) is 0 Å². The number of nitrogens with one attached hydrogen (secondary N) is 1. The number of imidazole rings is 1. The number of halogens is 2. The molecule has 5 heteroatoms. The number of methoxy groups -OCH3 is 1. The fourth-order valence-electron chi connectivity index (χ4n) is 1.93. The molecule has 0 atom stereocenters. The van der Waals surface area contributed by atoms with Gasteiger partial charge in [-0.25, -0.2) is 4.98 Å². The Morgan fingerprint density at radius 3 is 2.63 bits per heavy atom. The van der Waals surface area contributed by atoms with E-state index in [4.69, 9.17) is 16.3 Å². The Bertz CT molecular complexity index is 737.